The summed E-state index contributed by atoms with van der Waals surface area (Å²) in [6, 6.07) is 5.93. The molecule has 0 aromatic heterocycles. The lowest BCUT2D eigenvalue weighted by molar-refractivity contribution is -0.143. The first-order valence-electron chi connectivity index (χ1n) is 11.5. The molecule has 3 aliphatic rings. The van der Waals surface area contributed by atoms with Gasteiger partial charge in [0.25, 0.3) is 5.91 Å². The van der Waals surface area contributed by atoms with E-state index in [0.29, 0.717) is 64.8 Å². The topological polar surface area (TPSA) is 108 Å². The van der Waals surface area contributed by atoms with Gasteiger partial charge in [-0.15, -0.1) is 0 Å². The number of carbonyl (C=O) groups excluding carboxylic acids is 2. The summed E-state index contributed by atoms with van der Waals surface area (Å²) in [6.07, 6.45) is 1.37. The zero-order valence-electron chi connectivity index (χ0n) is 18.9. The number of benzene rings is 1. The largest absolute Gasteiger partial charge is 0.379 e. The Balaban J connectivity index is 1.33. The normalized spacial score (nSPS) is 23.9. The van der Waals surface area contributed by atoms with Gasteiger partial charge in [-0.2, -0.15) is 4.31 Å². The number of morpholine rings is 1. The quantitative estimate of drug-likeness (QED) is 0.626. The molecule has 4 rings (SSSR count). The fourth-order valence-electron chi connectivity index (χ4n) is 4.39. The summed E-state index contributed by atoms with van der Waals surface area (Å²) in [6.45, 7) is 6.15. The summed E-state index contributed by atoms with van der Waals surface area (Å²) >= 11 is 0. The van der Waals surface area contributed by atoms with E-state index in [2.05, 4.69) is 5.32 Å². The van der Waals surface area contributed by atoms with E-state index < -0.39 is 16.1 Å². The van der Waals surface area contributed by atoms with Crippen LogP contribution >= 0.6 is 0 Å². The highest BCUT2D eigenvalue weighted by molar-refractivity contribution is 7.89. The first-order chi connectivity index (χ1) is 15.9. The molecule has 3 fully saturated rings. The fourth-order valence-corrected chi connectivity index (χ4v) is 5.84. The van der Waals surface area contributed by atoms with E-state index in [1.54, 1.807) is 12.1 Å². The summed E-state index contributed by atoms with van der Waals surface area (Å²) < 4.78 is 37.9. The second kappa shape index (κ2) is 10.5. The van der Waals surface area contributed by atoms with Crippen LogP contribution < -0.4 is 5.32 Å². The molecule has 33 heavy (non-hydrogen) atoms. The molecule has 0 bridgehead atoms. The van der Waals surface area contributed by atoms with E-state index in [9.17, 15) is 18.0 Å². The maximum absolute atomic E-state index is 12.9. The summed E-state index contributed by atoms with van der Waals surface area (Å²) in [5.41, 5.74) is 0.438. The lowest BCUT2D eigenvalue weighted by Crippen LogP contribution is -2.55. The van der Waals surface area contributed by atoms with E-state index in [1.807, 2.05) is 16.7 Å². The molecule has 10 nitrogen and oxygen atoms in total. The number of piperazine rings is 1. The van der Waals surface area contributed by atoms with Gasteiger partial charge >= 0.3 is 0 Å². The number of nitrogens with zero attached hydrogens (tertiary/aromatic N) is 3. The lowest BCUT2D eigenvalue weighted by atomic mass is 10.1. The number of carbonyl (C=O) groups is 2. The molecular formula is C22H32N4O6S. The van der Waals surface area contributed by atoms with Gasteiger partial charge in [-0.1, -0.05) is 6.07 Å². The van der Waals surface area contributed by atoms with Crippen LogP contribution in [-0.4, -0.2) is 106 Å². The van der Waals surface area contributed by atoms with Crippen LogP contribution in [0.4, 0.5) is 5.69 Å². The van der Waals surface area contributed by atoms with Crippen LogP contribution in [-0.2, 0) is 29.1 Å². The number of ether oxygens (including phenoxy) is 2. The van der Waals surface area contributed by atoms with Gasteiger partial charge in [-0.05, 0) is 38.0 Å². The Labute approximate surface area is 194 Å². The van der Waals surface area contributed by atoms with Crippen molar-refractivity contribution >= 4 is 27.5 Å². The van der Waals surface area contributed by atoms with Gasteiger partial charge in [-0.3, -0.25) is 14.5 Å². The Morgan fingerprint density at radius 3 is 2.45 bits per heavy atom. The van der Waals surface area contributed by atoms with Crippen molar-refractivity contribution in [3.05, 3.63) is 24.3 Å². The molecule has 1 N–H and O–H groups in total. The Bertz CT molecular complexity index is 951. The fraction of sp³-hybridized carbons (Fsp3) is 0.636. The first kappa shape index (κ1) is 24.1. The van der Waals surface area contributed by atoms with Crippen LogP contribution in [0.25, 0.3) is 0 Å². The Hall–Kier alpha value is -2.05. The number of rotatable bonds is 6. The minimum Gasteiger partial charge on any atom is -0.379 e. The van der Waals surface area contributed by atoms with Crippen molar-refractivity contribution in [3.63, 3.8) is 0 Å². The average Bonchev–Trinajstić information content (AvgIpc) is 3.39. The number of hydrogen-bond donors (Lipinski definition) is 1. The molecule has 2 amide bonds. The maximum Gasteiger partial charge on any atom is 0.251 e. The van der Waals surface area contributed by atoms with Gasteiger partial charge in [0.05, 0.1) is 24.2 Å². The van der Waals surface area contributed by atoms with E-state index in [0.717, 1.165) is 12.8 Å². The monoisotopic (exact) mass is 480 g/mol. The molecule has 0 radical (unpaired) electrons. The second-order valence-electron chi connectivity index (χ2n) is 8.57. The molecule has 182 valence electrons. The smallest absolute Gasteiger partial charge is 0.251 e. The molecule has 1 aromatic rings. The van der Waals surface area contributed by atoms with Crippen LogP contribution in [0.5, 0.6) is 0 Å². The Morgan fingerprint density at radius 2 is 1.79 bits per heavy atom. The van der Waals surface area contributed by atoms with E-state index >= 15 is 0 Å². The summed E-state index contributed by atoms with van der Waals surface area (Å²) in [5, 5.41) is 2.84. The van der Waals surface area contributed by atoms with Crippen LogP contribution in [0.3, 0.4) is 0 Å². The third-order valence-corrected chi connectivity index (χ3v) is 8.36. The second-order valence-corrected chi connectivity index (χ2v) is 10.5. The highest BCUT2D eigenvalue weighted by atomic mass is 32.2. The molecule has 3 heterocycles. The van der Waals surface area contributed by atoms with Crippen molar-refractivity contribution in [3.8, 4) is 0 Å². The van der Waals surface area contributed by atoms with Crippen molar-refractivity contribution in [2.45, 2.75) is 36.8 Å². The molecule has 3 aliphatic heterocycles. The molecule has 0 saturated carbocycles. The number of hydrogen-bond acceptors (Lipinski definition) is 7. The SMILES string of the molecule is CC(C(=O)Nc1cccc(S(=O)(=O)N2CCOCC2)c1)N1CCN(C(=O)C2CCCO2)CC1. The highest BCUT2D eigenvalue weighted by Gasteiger charge is 2.33. The molecular weight excluding hydrogens is 448 g/mol. The van der Waals surface area contributed by atoms with E-state index in [4.69, 9.17) is 9.47 Å². The summed E-state index contributed by atoms with van der Waals surface area (Å²) in [7, 11) is -3.64. The number of amides is 2. The Morgan fingerprint density at radius 1 is 1.06 bits per heavy atom. The van der Waals surface area contributed by atoms with Crippen LogP contribution in [0.15, 0.2) is 29.2 Å². The van der Waals surface area contributed by atoms with Crippen molar-refractivity contribution in [2.24, 2.45) is 0 Å². The third kappa shape index (κ3) is 5.55. The lowest BCUT2D eigenvalue weighted by Gasteiger charge is -2.38. The molecule has 2 unspecified atom stereocenters. The summed E-state index contributed by atoms with van der Waals surface area (Å²) in [5.74, 6) is -0.169. The molecule has 1 aromatic carbocycles. The van der Waals surface area contributed by atoms with E-state index in [-0.39, 0.29) is 22.8 Å². The highest BCUT2D eigenvalue weighted by Crippen LogP contribution is 2.21. The minimum atomic E-state index is -3.64. The number of sulfonamides is 1. The van der Waals surface area contributed by atoms with Crippen molar-refractivity contribution in [1.29, 1.82) is 0 Å². The Kier molecular flexibility index (Phi) is 7.65. The predicted molar refractivity (Wildman–Crippen MR) is 121 cm³/mol. The van der Waals surface area contributed by atoms with Gasteiger partial charge in [0.2, 0.25) is 15.9 Å². The summed E-state index contributed by atoms with van der Waals surface area (Å²) in [4.78, 5) is 29.4. The van der Waals surface area contributed by atoms with E-state index in [1.165, 1.54) is 16.4 Å². The maximum atomic E-state index is 12.9. The standard InChI is InChI=1S/C22H32N4O6S/c1-17(24-7-9-25(10-8-24)22(28)20-6-3-13-32-20)21(27)23-18-4-2-5-19(16-18)33(29,30)26-11-14-31-15-12-26/h2,4-5,16-17,20H,3,6-15H2,1H3,(H,23,27). The zero-order chi connectivity index (χ0) is 23.4. The first-order valence-corrected chi connectivity index (χ1v) is 12.9. The van der Waals surface area contributed by atoms with Gasteiger partial charge < -0.3 is 19.7 Å². The van der Waals surface area contributed by atoms with Crippen LogP contribution in [0.2, 0.25) is 0 Å². The van der Waals surface area contributed by atoms with Gasteiger partial charge in [0, 0.05) is 51.6 Å². The van der Waals surface area contributed by atoms with Crippen molar-refractivity contribution in [1.82, 2.24) is 14.1 Å². The van der Waals surface area contributed by atoms with Gasteiger partial charge in [0.15, 0.2) is 0 Å². The number of anilines is 1. The third-order valence-electron chi connectivity index (χ3n) is 6.47. The van der Waals surface area contributed by atoms with Crippen molar-refractivity contribution in [2.75, 3.05) is 64.4 Å². The molecule has 3 saturated heterocycles. The predicted octanol–water partition coefficient (Wildman–Crippen LogP) is 0.358. The van der Waals surface area contributed by atoms with Gasteiger partial charge in [0.1, 0.15) is 6.10 Å². The zero-order valence-corrected chi connectivity index (χ0v) is 19.8. The average molecular weight is 481 g/mol. The minimum absolute atomic E-state index is 0.0440. The number of nitrogens with one attached hydrogen (secondary N) is 1. The van der Waals surface area contributed by atoms with Crippen molar-refractivity contribution < 1.29 is 27.5 Å². The molecule has 2 atom stereocenters. The van der Waals surface area contributed by atoms with Crippen LogP contribution in [0, 0.1) is 0 Å². The molecule has 11 heteroatoms. The molecule has 0 aliphatic carbocycles. The molecule has 0 spiro atoms. The van der Waals surface area contributed by atoms with Crippen LogP contribution in [0.1, 0.15) is 19.8 Å². The van der Waals surface area contributed by atoms with Gasteiger partial charge in [-0.25, -0.2) is 8.42 Å².